The predicted octanol–water partition coefficient (Wildman–Crippen LogP) is 1.63. The average molecular weight is 402 g/mol. The lowest BCUT2D eigenvalue weighted by Crippen LogP contribution is -2.35. The van der Waals surface area contributed by atoms with E-state index in [1.54, 1.807) is 12.1 Å². The number of hydrogen-bond donors (Lipinski definition) is 3. The van der Waals surface area contributed by atoms with Crippen molar-refractivity contribution < 1.29 is 33.7 Å². The molecule has 0 radical (unpaired) electrons. The highest BCUT2D eigenvalue weighted by atomic mass is 16.5. The van der Waals surface area contributed by atoms with Crippen LogP contribution < -0.4 is 20.1 Å². The molecule has 0 aliphatic rings. The molecule has 0 heterocycles. The number of phenols is 1. The monoisotopic (exact) mass is 402 g/mol. The maximum atomic E-state index is 12.0. The molecular formula is C20H22N2O7. The van der Waals surface area contributed by atoms with Crippen molar-refractivity contribution in [2.45, 2.75) is 6.92 Å². The highest BCUT2D eigenvalue weighted by Gasteiger charge is 2.16. The van der Waals surface area contributed by atoms with Gasteiger partial charge in [-0.1, -0.05) is 6.07 Å². The first-order valence-corrected chi connectivity index (χ1v) is 8.59. The topological polar surface area (TPSA) is 123 Å². The highest BCUT2D eigenvalue weighted by molar-refractivity contribution is 5.97. The largest absolute Gasteiger partial charge is 0.507 e. The normalized spacial score (nSPS) is 10.0. The Labute approximate surface area is 167 Å². The Morgan fingerprint density at radius 1 is 1.00 bits per heavy atom. The number of amides is 2. The number of hydrogen-bond acceptors (Lipinski definition) is 7. The summed E-state index contributed by atoms with van der Waals surface area (Å²) in [5.41, 5.74) is 1.27. The number of rotatable bonds is 8. The molecule has 2 aromatic carbocycles. The summed E-state index contributed by atoms with van der Waals surface area (Å²) in [6.07, 6.45) is 0. The lowest BCUT2D eigenvalue weighted by molar-refractivity contribution is -0.126. The van der Waals surface area contributed by atoms with Crippen LogP contribution in [-0.4, -0.2) is 50.3 Å². The first kappa shape index (κ1) is 21.5. The highest BCUT2D eigenvalue weighted by Crippen LogP contribution is 2.25. The van der Waals surface area contributed by atoms with Crippen LogP contribution in [0, 0.1) is 6.92 Å². The summed E-state index contributed by atoms with van der Waals surface area (Å²) in [6, 6.07) is 9.33. The second kappa shape index (κ2) is 9.98. The second-order valence-corrected chi connectivity index (χ2v) is 5.99. The number of aromatic hydroxyl groups is 1. The number of methoxy groups -OCH3 is 2. The Hall–Kier alpha value is -3.75. The van der Waals surface area contributed by atoms with Crippen molar-refractivity contribution in [3.05, 3.63) is 47.5 Å². The average Bonchev–Trinajstić information content (AvgIpc) is 2.71. The van der Waals surface area contributed by atoms with E-state index in [-0.39, 0.29) is 17.9 Å². The fourth-order valence-electron chi connectivity index (χ4n) is 2.36. The van der Waals surface area contributed by atoms with Gasteiger partial charge in [-0.05, 0) is 42.8 Å². The van der Waals surface area contributed by atoms with Crippen LogP contribution in [0.15, 0.2) is 36.4 Å². The van der Waals surface area contributed by atoms with Crippen molar-refractivity contribution in [3.8, 4) is 17.2 Å². The molecule has 0 bridgehead atoms. The Kier molecular flexibility index (Phi) is 7.41. The molecule has 0 atom stereocenters. The van der Waals surface area contributed by atoms with Gasteiger partial charge in [0.05, 0.1) is 26.5 Å². The zero-order valence-corrected chi connectivity index (χ0v) is 16.3. The molecule has 0 aliphatic carbocycles. The van der Waals surface area contributed by atoms with Crippen LogP contribution in [0.4, 0.5) is 5.69 Å². The third kappa shape index (κ3) is 6.13. The van der Waals surface area contributed by atoms with Gasteiger partial charge in [0, 0.05) is 0 Å². The van der Waals surface area contributed by atoms with E-state index in [0.29, 0.717) is 17.2 Å². The van der Waals surface area contributed by atoms with Gasteiger partial charge in [0.15, 0.2) is 6.61 Å². The van der Waals surface area contributed by atoms with E-state index in [1.807, 2.05) is 13.0 Å². The molecule has 0 aliphatic heterocycles. The van der Waals surface area contributed by atoms with Gasteiger partial charge < -0.3 is 30.0 Å². The van der Waals surface area contributed by atoms with Gasteiger partial charge in [0.25, 0.3) is 5.91 Å². The van der Waals surface area contributed by atoms with E-state index in [2.05, 4.69) is 10.6 Å². The molecule has 0 spiro atoms. The molecule has 154 valence electrons. The van der Waals surface area contributed by atoms with Crippen LogP contribution >= 0.6 is 0 Å². The summed E-state index contributed by atoms with van der Waals surface area (Å²) in [5, 5.41) is 14.7. The second-order valence-electron chi connectivity index (χ2n) is 5.99. The van der Waals surface area contributed by atoms with Gasteiger partial charge in [0.2, 0.25) is 5.91 Å². The first-order valence-electron chi connectivity index (χ1n) is 8.59. The number of carbonyl (C=O) groups is 3. The van der Waals surface area contributed by atoms with Crippen molar-refractivity contribution in [1.82, 2.24) is 5.32 Å². The summed E-state index contributed by atoms with van der Waals surface area (Å²) in [5.74, 6) is -1.51. The van der Waals surface area contributed by atoms with Gasteiger partial charge in [-0.25, -0.2) is 4.79 Å². The molecule has 2 amide bonds. The smallest absolute Gasteiger partial charge is 0.342 e. The van der Waals surface area contributed by atoms with E-state index in [1.165, 1.54) is 32.4 Å². The Morgan fingerprint density at radius 2 is 1.76 bits per heavy atom. The zero-order valence-electron chi connectivity index (χ0n) is 16.3. The number of phenolic OH excluding ortho intramolecular Hbond substituents is 1. The number of benzene rings is 2. The number of anilines is 1. The molecular weight excluding hydrogens is 380 g/mol. The first-order chi connectivity index (χ1) is 13.8. The van der Waals surface area contributed by atoms with E-state index < -0.39 is 24.4 Å². The van der Waals surface area contributed by atoms with Gasteiger partial charge >= 0.3 is 5.97 Å². The quantitative estimate of drug-likeness (QED) is 0.574. The van der Waals surface area contributed by atoms with Gasteiger partial charge in [-0.15, -0.1) is 0 Å². The van der Waals surface area contributed by atoms with Crippen molar-refractivity contribution in [1.29, 1.82) is 0 Å². The summed E-state index contributed by atoms with van der Waals surface area (Å²) >= 11 is 0. The van der Waals surface area contributed by atoms with Gasteiger partial charge in [-0.2, -0.15) is 0 Å². The number of aryl methyl sites for hydroxylation is 1. The molecule has 0 saturated carbocycles. The van der Waals surface area contributed by atoms with Crippen LogP contribution in [0.1, 0.15) is 15.9 Å². The molecule has 3 N–H and O–H groups in total. The van der Waals surface area contributed by atoms with Crippen molar-refractivity contribution in [2.24, 2.45) is 0 Å². The van der Waals surface area contributed by atoms with Gasteiger partial charge in [-0.3, -0.25) is 9.59 Å². The number of carbonyl (C=O) groups excluding carboxylic acids is 3. The third-order valence-electron chi connectivity index (χ3n) is 3.83. The van der Waals surface area contributed by atoms with Crippen LogP contribution in [0.25, 0.3) is 0 Å². The molecule has 2 aromatic rings. The SMILES string of the molecule is COc1ccc(O)c(C(=O)OCC(=O)NCC(=O)Nc2cc(C)ccc2OC)c1. The molecule has 0 saturated heterocycles. The Balaban J connectivity index is 1.83. The Bertz CT molecular complexity index is 912. The molecule has 9 nitrogen and oxygen atoms in total. The van der Waals surface area contributed by atoms with Crippen LogP contribution in [0.3, 0.4) is 0 Å². The van der Waals surface area contributed by atoms with Crippen molar-refractivity contribution >= 4 is 23.5 Å². The lowest BCUT2D eigenvalue weighted by Gasteiger charge is -2.12. The lowest BCUT2D eigenvalue weighted by atomic mass is 10.2. The fourth-order valence-corrected chi connectivity index (χ4v) is 2.36. The number of nitrogens with one attached hydrogen (secondary N) is 2. The van der Waals surface area contributed by atoms with E-state index in [4.69, 9.17) is 14.2 Å². The van der Waals surface area contributed by atoms with Crippen molar-refractivity contribution in [2.75, 3.05) is 32.7 Å². The van der Waals surface area contributed by atoms with E-state index in [9.17, 15) is 19.5 Å². The van der Waals surface area contributed by atoms with E-state index in [0.717, 1.165) is 5.56 Å². The summed E-state index contributed by atoms with van der Waals surface area (Å²) < 4.78 is 15.0. The molecule has 9 heteroatoms. The van der Waals surface area contributed by atoms with Gasteiger partial charge in [0.1, 0.15) is 22.8 Å². The molecule has 0 fully saturated rings. The maximum absolute atomic E-state index is 12.0. The molecule has 29 heavy (non-hydrogen) atoms. The zero-order chi connectivity index (χ0) is 21.4. The van der Waals surface area contributed by atoms with Crippen LogP contribution in [-0.2, 0) is 14.3 Å². The van der Waals surface area contributed by atoms with Crippen molar-refractivity contribution in [3.63, 3.8) is 0 Å². The van der Waals surface area contributed by atoms with Crippen LogP contribution in [0.5, 0.6) is 17.2 Å². The minimum atomic E-state index is -0.898. The summed E-state index contributed by atoms with van der Waals surface area (Å²) in [7, 11) is 2.89. The minimum absolute atomic E-state index is 0.138. The Morgan fingerprint density at radius 3 is 2.45 bits per heavy atom. The molecule has 0 aromatic heterocycles. The fraction of sp³-hybridized carbons (Fsp3) is 0.250. The van der Waals surface area contributed by atoms with E-state index >= 15 is 0 Å². The third-order valence-corrected chi connectivity index (χ3v) is 3.83. The molecule has 0 unspecified atom stereocenters. The standard InChI is InChI=1S/C20H22N2O7/c1-12-4-7-17(28-3)15(8-12)22-18(24)10-21-19(25)11-29-20(26)14-9-13(27-2)5-6-16(14)23/h4-9,23H,10-11H2,1-3H3,(H,21,25)(H,22,24). The predicted molar refractivity (Wildman–Crippen MR) is 104 cm³/mol. The maximum Gasteiger partial charge on any atom is 0.342 e. The summed E-state index contributed by atoms with van der Waals surface area (Å²) in [6.45, 7) is 0.930. The number of ether oxygens (including phenoxy) is 3. The summed E-state index contributed by atoms with van der Waals surface area (Å²) in [4.78, 5) is 35.9. The molecule has 2 rings (SSSR count). The number of esters is 1. The van der Waals surface area contributed by atoms with Crippen LogP contribution in [0.2, 0.25) is 0 Å². The minimum Gasteiger partial charge on any atom is -0.507 e.